The molecule has 1 N–H and O–H groups in total. The fraction of sp³-hybridized carbons (Fsp3) is 0.400. The number of hydrogen-bond donors (Lipinski definition) is 1. The Kier molecular flexibility index (Phi) is 4.86. The quantitative estimate of drug-likeness (QED) is 0.762. The Bertz CT molecular complexity index is 856. The molecule has 0 saturated carbocycles. The molecule has 1 aliphatic heterocycles. The maximum atomic E-state index is 10.0. The standard InChI is InChI=1S/C20H24N4O2/c1-2-19(25)18-11-17-13-23(9-6-10-24(17)22-18)12-16-14-26-20(21-16)15-7-4-3-5-8-15/h3-5,7-8,11,14,19,25H,2,6,9-10,12-13H2,1H3. The highest BCUT2D eigenvalue weighted by atomic mass is 16.3. The summed E-state index contributed by atoms with van der Waals surface area (Å²) in [4.78, 5) is 6.99. The number of benzene rings is 1. The number of oxazole rings is 1. The molecule has 1 aliphatic rings. The molecule has 2 aromatic heterocycles. The third kappa shape index (κ3) is 3.57. The van der Waals surface area contributed by atoms with Gasteiger partial charge in [0.1, 0.15) is 6.26 Å². The van der Waals surface area contributed by atoms with E-state index in [9.17, 15) is 5.11 Å². The number of rotatable bonds is 5. The third-order valence-corrected chi connectivity index (χ3v) is 4.80. The zero-order valence-electron chi connectivity index (χ0n) is 15.0. The van der Waals surface area contributed by atoms with Crippen LogP contribution in [0, 0.1) is 0 Å². The Morgan fingerprint density at radius 2 is 2.08 bits per heavy atom. The second-order valence-corrected chi connectivity index (χ2v) is 6.78. The molecule has 4 rings (SSSR count). The van der Waals surface area contributed by atoms with Crippen LogP contribution in [-0.2, 0) is 19.6 Å². The third-order valence-electron chi connectivity index (χ3n) is 4.80. The summed E-state index contributed by atoms with van der Waals surface area (Å²) < 4.78 is 7.69. The Morgan fingerprint density at radius 1 is 1.23 bits per heavy atom. The van der Waals surface area contributed by atoms with Crippen LogP contribution in [0.3, 0.4) is 0 Å². The lowest BCUT2D eigenvalue weighted by Gasteiger charge is -2.17. The Morgan fingerprint density at radius 3 is 2.88 bits per heavy atom. The van der Waals surface area contributed by atoms with Crippen molar-refractivity contribution >= 4 is 0 Å². The molecule has 0 aliphatic carbocycles. The van der Waals surface area contributed by atoms with Gasteiger partial charge in [-0.15, -0.1) is 0 Å². The van der Waals surface area contributed by atoms with Crippen molar-refractivity contribution in [1.82, 2.24) is 19.7 Å². The smallest absolute Gasteiger partial charge is 0.226 e. The molecule has 0 saturated heterocycles. The lowest BCUT2D eigenvalue weighted by Crippen LogP contribution is -2.22. The van der Waals surface area contributed by atoms with Crippen LogP contribution in [0.1, 0.15) is 43.0 Å². The molecule has 0 radical (unpaired) electrons. The molecular weight excluding hydrogens is 328 g/mol. The van der Waals surface area contributed by atoms with E-state index in [1.54, 1.807) is 6.26 Å². The van der Waals surface area contributed by atoms with Gasteiger partial charge >= 0.3 is 0 Å². The zero-order chi connectivity index (χ0) is 17.9. The number of nitrogens with zero attached hydrogens (tertiary/aromatic N) is 4. The maximum absolute atomic E-state index is 10.0. The van der Waals surface area contributed by atoms with Gasteiger partial charge in [0.15, 0.2) is 0 Å². The monoisotopic (exact) mass is 352 g/mol. The van der Waals surface area contributed by atoms with E-state index in [2.05, 4.69) is 15.0 Å². The van der Waals surface area contributed by atoms with Crippen molar-refractivity contribution in [1.29, 1.82) is 0 Å². The summed E-state index contributed by atoms with van der Waals surface area (Å²) in [5, 5.41) is 14.6. The number of fused-ring (bicyclic) bond motifs is 1. The molecule has 0 bridgehead atoms. The molecule has 1 unspecified atom stereocenters. The van der Waals surface area contributed by atoms with Gasteiger partial charge in [-0.2, -0.15) is 5.10 Å². The molecule has 136 valence electrons. The van der Waals surface area contributed by atoms with Crippen molar-refractivity contribution in [3.05, 3.63) is 59.7 Å². The topological polar surface area (TPSA) is 67.3 Å². The minimum atomic E-state index is -0.480. The van der Waals surface area contributed by atoms with Crippen molar-refractivity contribution < 1.29 is 9.52 Å². The molecule has 26 heavy (non-hydrogen) atoms. The van der Waals surface area contributed by atoms with Crippen molar-refractivity contribution in [2.24, 2.45) is 0 Å². The Labute approximate surface area is 153 Å². The molecule has 0 fully saturated rings. The number of aliphatic hydroxyl groups is 1. The van der Waals surface area contributed by atoms with Gasteiger partial charge in [-0.25, -0.2) is 4.98 Å². The lowest BCUT2D eigenvalue weighted by atomic mass is 10.2. The van der Waals surface area contributed by atoms with Crippen LogP contribution >= 0.6 is 0 Å². The fourth-order valence-electron chi connectivity index (χ4n) is 3.38. The van der Waals surface area contributed by atoms with E-state index < -0.39 is 6.10 Å². The highest BCUT2D eigenvalue weighted by Crippen LogP contribution is 2.22. The van der Waals surface area contributed by atoms with Crippen LogP contribution in [-0.4, -0.2) is 31.3 Å². The summed E-state index contributed by atoms with van der Waals surface area (Å²) in [5.41, 5.74) is 3.85. The first-order valence-electron chi connectivity index (χ1n) is 9.20. The van der Waals surface area contributed by atoms with Gasteiger partial charge in [0.25, 0.3) is 0 Å². The summed E-state index contributed by atoms with van der Waals surface area (Å²) >= 11 is 0. The van der Waals surface area contributed by atoms with Crippen LogP contribution in [0.4, 0.5) is 0 Å². The first-order valence-corrected chi connectivity index (χ1v) is 9.20. The average Bonchev–Trinajstić information content (AvgIpc) is 3.25. The Hall–Kier alpha value is -2.44. The normalized spacial score (nSPS) is 16.2. The second-order valence-electron chi connectivity index (χ2n) is 6.78. The summed E-state index contributed by atoms with van der Waals surface area (Å²) in [5.74, 6) is 0.661. The van der Waals surface area contributed by atoms with Crippen LogP contribution in [0.25, 0.3) is 11.5 Å². The van der Waals surface area contributed by atoms with E-state index in [0.29, 0.717) is 12.3 Å². The van der Waals surface area contributed by atoms with Gasteiger partial charge < -0.3 is 9.52 Å². The van der Waals surface area contributed by atoms with Gasteiger partial charge in [-0.1, -0.05) is 25.1 Å². The van der Waals surface area contributed by atoms with Crippen LogP contribution < -0.4 is 0 Å². The van der Waals surface area contributed by atoms with E-state index in [-0.39, 0.29) is 0 Å². The molecule has 6 nitrogen and oxygen atoms in total. The summed E-state index contributed by atoms with van der Waals surface area (Å²) in [6.07, 6.45) is 2.98. The molecular formula is C20H24N4O2. The Balaban J connectivity index is 1.47. The molecule has 3 heterocycles. The zero-order valence-corrected chi connectivity index (χ0v) is 15.0. The van der Waals surface area contributed by atoms with Gasteiger partial charge in [0.2, 0.25) is 5.89 Å². The van der Waals surface area contributed by atoms with Gasteiger partial charge in [0.05, 0.1) is 23.2 Å². The van der Waals surface area contributed by atoms with Crippen molar-refractivity contribution in [2.45, 2.75) is 45.5 Å². The van der Waals surface area contributed by atoms with Crippen molar-refractivity contribution in [2.75, 3.05) is 6.54 Å². The molecule has 1 aromatic carbocycles. The predicted octanol–water partition coefficient (Wildman–Crippen LogP) is 3.39. The molecule has 0 spiro atoms. The fourth-order valence-corrected chi connectivity index (χ4v) is 3.38. The van der Waals surface area contributed by atoms with E-state index in [1.165, 1.54) is 0 Å². The van der Waals surface area contributed by atoms with Gasteiger partial charge in [-0.05, 0) is 31.0 Å². The summed E-state index contributed by atoms with van der Waals surface area (Å²) in [7, 11) is 0. The number of hydrogen-bond acceptors (Lipinski definition) is 5. The van der Waals surface area contributed by atoms with E-state index in [0.717, 1.165) is 55.2 Å². The average molecular weight is 352 g/mol. The second kappa shape index (κ2) is 7.43. The minimum absolute atomic E-state index is 0.480. The summed E-state index contributed by atoms with van der Waals surface area (Å²) in [6.45, 7) is 5.39. The maximum Gasteiger partial charge on any atom is 0.226 e. The van der Waals surface area contributed by atoms with E-state index in [4.69, 9.17) is 4.42 Å². The highest BCUT2D eigenvalue weighted by molar-refractivity contribution is 5.52. The van der Waals surface area contributed by atoms with E-state index in [1.807, 2.05) is 48.0 Å². The van der Waals surface area contributed by atoms with Crippen molar-refractivity contribution in [3.8, 4) is 11.5 Å². The van der Waals surface area contributed by atoms with Crippen molar-refractivity contribution in [3.63, 3.8) is 0 Å². The molecule has 3 aromatic rings. The van der Waals surface area contributed by atoms with Crippen LogP contribution in [0.5, 0.6) is 0 Å². The molecule has 1 atom stereocenters. The first-order chi connectivity index (χ1) is 12.7. The number of aliphatic hydroxyl groups excluding tert-OH is 1. The summed E-state index contributed by atoms with van der Waals surface area (Å²) in [6, 6.07) is 12.0. The van der Waals surface area contributed by atoms with E-state index >= 15 is 0 Å². The number of aromatic nitrogens is 3. The lowest BCUT2D eigenvalue weighted by molar-refractivity contribution is 0.167. The first kappa shape index (κ1) is 17.0. The van der Waals surface area contributed by atoms with Gasteiger partial charge in [0, 0.05) is 31.7 Å². The number of aryl methyl sites for hydroxylation is 1. The highest BCUT2D eigenvalue weighted by Gasteiger charge is 2.20. The van der Waals surface area contributed by atoms with Crippen LogP contribution in [0.15, 0.2) is 47.1 Å². The molecule has 0 amide bonds. The molecule has 6 heteroatoms. The minimum Gasteiger partial charge on any atom is -0.444 e. The predicted molar refractivity (Wildman–Crippen MR) is 98.1 cm³/mol. The largest absolute Gasteiger partial charge is 0.444 e. The van der Waals surface area contributed by atoms with Crippen LogP contribution in [0.2, 0.25) is 0 Å². The van der Waals surface area contributed by atoms with Gasteiger partial charge in [-0.3, -0.25) is 9.58 Å². The SMILES string of the molecule is CCC(O)c1cc2n(n1)CCCN(Cc1coc(-c3ccccc3)n1)C2.